The molecule has 0 spiro atoms. The molecule has 0 atom stereocenters. The van der Waals surface area contributed by atoms with Gasteiger partial charge in [0.05, 0.1) is 11.0 Å². The van der Waals surface area contributed by atoms with Crippen molar-refractivity contribution in [2.24, 2.45) is 0 Å². The zero-order valence-corrected chi connectivity index (χ0v) is 14.7. The Morgan fingerprint density at radius 3 is 2.44 bits per heavy atom. The van der Waals surface area contributed by atoms with Crippen LogP contribution in [0.1, 0.15) is 37.0 Å². The maximum Gasteiger partial charge on any atom is 0.410 e. The number of nitrogens with zero attached hydrogens (tertiary/aromatic N) is 3. The van der Waals surface area contributed by atoms with Crippen molar-refractivity contribution in [3.63, 3.8) is 0 Å². The van der Waals surface area contributed by atoms with Gasteiger partial charge in [-0.25, -0.2) is 9.78 Å². The molecule has 0 saturated carbocycles. The van der Waals surface area contributed by atoms with Gasteiger partial charge in [-0.15, -0.1) is 0 Å². The number of amides is 2. The predicted molar refractivity (Wildman–Crippen MR) is 93.2 cm³/mol. The Balaban J connectivity index is 1.63. The van der Waals surface area contributed by atoms with E-state index >= 15 is 0 Å². The molecule has 1 aromatic carbocycles. The van der Waals surface area contributed by atoms with Crippen molar-refractivity contribution >= 4 is 23.0 Å². The number of fused-ring (bicyclic) bond motifs is 1. The molecule has 1 saturated heterocycles. The predicted octanol–water partition coefficient (Wildman–Crippen LogP) is 2.31. The van der Waals surface area contributed by atoms with E-state index in [4.69, 9.17) is 11.7 Å². The standard InChI is InChI=1S/C18H22N4O3/c1-12-19-14-6-5-13(11-15(14)20-12)16(23)21-7-9-22(10-8-21)17(24)25-18(2,3)4/h1,5-6,11H,7-10H2,2-4H3,(H,19,20). The summed E-state index contributed by atoms with van der Waals surface area (Å²) in [6, 6.07) is 5.26. The van der Waals surface area contributed by atoms with Crippen molar-refractivity contribution in [2.45, 2.75) is 26.4 Å². The largest absolute Gasteiger partial charge is 0.444 e. The van der Waals surface area contributed by atoms with Crippen molar-refractivity contribution in [3.05, 3.63) is 36.5 Å². The van der Waals surface area contributed by atoms with Crippen LogP contribution in [0.25, 0.3) is 11.0 Å². The number of carbonyl (C=O) groups excluding carboxylic acids is 2. The lowest BCUT2D eigenvalue weighted by atomic mass is 10.1. The number of hydrogen-bond donors (Lipinski definition) is 1. The molecule has 1 aromatic heterocycles. The molecule has 25 heavy (non-hydrogen) atoms. The third-order valence-corrected chi connectivity index (χ3v) is 3.97. The monoisotopic (exact) mass is 342 g/mol. The molecule has 2 amide bonds. The Morgan fingerprint density at radius 1 is 1.16 bits per heavy atom. The first-order valence-electron chi connectivity index (χ1n) is 8.25. The van der Waals surface area contributed by atoms with E-state index in [1.54, 1.807) is 28.0 Å². The van der Waals surface area contributed by atoms with Crippen LogP contribution in [0, 0.1) is 6.92 Å². The maximum absolute atomic E-state index is 12.7. The number of benzene rings is 1. The highest BCUT2D eigenvalue weighted by Crippen LogP contribution is 2.17. The Morgan fingerprint density at radius 2 is 1.80 bits per heavy atom. The normalized spacial score (nSPS) is 15.5. The first-order chi connectivity index (χ1) is 11.7. The number of carbonyl (C=O) groups is 2. The number of piperazine rings is 1. The van der Waals surface area contributed by atoms with E-state index < -0.39 is 5.60 Å². The summed E-state index contributed by atoms with van der Waals surface area (Å²) in [5.74, 6) is 0.254. The van der Waals surface area contributed by atoms with Crippen LogP contribution in [0.2, 0.25) is 0 Å². The molecule has 3 rings (SSSR count). The van der Waals surface area contributed by atoms with Gasteiger partial charge in [-0.2, -0.15) is 0 Å². The van der Waals surface area contributed by atoms with Crippen molar-refractivity contribution in [1.82, 2.24) is 19.8 Å². The minimum atomic E-state index is -0.522. The SMILES string of the molecule is [CH]c1nc2ccc(C(=O)N3CCN(C(=O)OC(C)(C)C)CC3)cc2[nH]1. The number of imidazole rings is 1. The van der Waals surface area contributed by atoms with Crippen LogP contribution in [0.5, 0.6) is 0 Å². The van der Waals surface area contributed by atoms with Gasteiger partial charge < -0.3 is 19.5 Å². The lowest BCUT2D eigenvalue weighted by Gasteiger charge is -2.35. The molecular formula is C18H22N4O3. The average Bonchev–Trinajstić information content (AvgIpc) is 2.91. The van der Waals surface area contributed by atoms with Crippen LogP contribution < -0.4 is 0 Å². The van der Waals surface area contributed by atoms with Crippen molar-refractivity contribution in [1.29, 1.82) is 0 Å². The summed E-state index contributed by atoms with van der Waals surface area (Å²) in [5, 5.41) is 0. The van der Waals surface area contributed by atoms with Gasteiger partial charge in [0.2, 0.25) is 0 Å². The minimum absolute atomic E-state index is 0.0705. The molecule has 1 N–H and O–H groups in total. The van der Waals surface area contributed by atoms with Crippen molar-refractivity contribution < 1.29 is 14.3 Å². The second kappa shape index (κ2) is 6.38. The van der Waals surface area contributed by atoms with Gasteiger partial charge in [0, 0.05) is 38.7 Å². The Bertz CT molecular complexity index is 798. The van der Waals surface area contributed by atoms with Crippen LogP contribution in [-0.2, 0) is 4.74 Å². The van der Waals surface area contributed by atoms with Gasteiger partial charge >= 0.3 is 6.09 Å². The molecule has 2 aromatic rings. The summed E-state index contributed by atoms with van der Waals surface area (Å²) in [7, 11) is 0. The average molecular weight is 342 g/mol. The summed E-state index contributed by atoms with van der Waals surface area (Å²) in [5.41, 5.74) is 1.51. The third-order valence-electron chi connectivity index (χ3n) is 3.97. The Hall–Kier alpha value is -2.57. The number of aromatic nitrogens is 2. The zero-order chi connectivity index (χ0) is 18.2. The van der Waals surface area contributed by atoms with E-state index in [9.17, 15) is 9.59 Å². The summed E-state index contributed by atoms with van der Waals surface area (Å²) < 4.78 is 5.37. The van der Waals surface area contributed by atoms with Crippen LogP contribution in [0.15, 0.2) is 18.2 Å². The molecule has 7 nitrogen and oxygen atoms in total. The Kier molecular flexibility index (Phi) is 4.41. The first-order valence-corrected chi connectivity index (χ1v) is 8.25. The van der Waals surface area contributed by atoms with E-state index in [-0.39, 0.29) is 12.0 Å². The second-order valence-corrected chi connectivity index (χ2v) is 7.11. The van der Waals surface area contributed by atoms with Crippen LogP contribution >= 0.6 is 0 Å². The van der Waals surface area contributed by atoms with Crippen LogP contribution in [0.3, 0.4) is 0 Å². The van der Waals surface area contributed by atoms with Gasteiger partial charge in [0.15, 0.2) is 0 Å². The highest BCUT2D eigenvalue weighted by Gasteiger charge is 2.28. The lowest BCUT2D eigenvalue weighted by Crippen LogP contribution is -2.51. The van der Waals surface area contributed by atoms with E-state index in [1.807, 2.05) is 20.8 Å². The molecule has 1 fully saturated rings. The van der Waals surface area contributed by atoms with E-state index in [0.717, 1.165) is 11.0 Å². The highest BCUT2D eigenvalue weighted by atomic mass is 16.6. The molecular weight excluding hydrogens is 320 g/mol. The first kappa shape index (κ1) is 17.3. The zero-order valence-electron chi connectivity index (χ0n) is 14.7. The van der Waals surface area contributed by atoms with Gasteiger partial charge in [0.25, 0.3) is 5.91 Å². The molecule has 132 valence electrons. The fraction of sp³-hybridized carbons (Fsp3) is 0.444. The fourth-order valence-corrected chi connectivity index (χ4v) is 2.76. The highest BCUT2D eigenvalue weighted by molar-refractivity contribution is 5.97. The summed E-state index contributed by atoms with van der Waals surface area (Å²) in [6.07, 6.45) is -0.339. The number of aromatic amines is 1. The second-order valence-electron chi connectivity index (χ2n) is 7.11. The quantitative estimate of drug-likeness (QED) is 0.863. The van der Waals surface area contributed by atoms with E-state index in [2.05, 4.69) is 9.97 Å². The number of ether oxygens (including phenoxy) is 1. The van der Waals surface area contributed by atoms with Gasteiger partial charge in [0.1, 0.15) is 11.4 Å². The summed E-state index contributed by atoms with van der Waals surface area (Å²) in [6.45, 7) is 13.0. The summed E-state index contributed by atoms with van der Waals surface area (Å²) >= 11 is 0. The maximum atomic E-state index is 12.7. The fourth-order valence-electron chi connectivity index (χ4n) is 2.76. The number of H-pyrrole nitrogens is 1. The van der Waals surface area contributed by atoms with E-state index in [1.165, 1.54) is 0 Å². The molecule has 0 unspecified atom stereocenters. The molecule has 1 aliphatic rings. The Labute approximate surface area is 147 Å². The third kappa shape index (κ3) is 3.92. The number of nitrogens with one attached hydrogen (secondary N) is 1. The lowest BCUT2D eigenvalue weighted by molar-refractivity contribution is 0.0141. The molecule has 7 heteroatoms. The molecule has 0 aliphatic carbocycles. The van der Waals surface area contributed by atoms with Crippen LogP contribution in [0.4, 0.5) is 4.79 Å². The molecule has 0 bridgehead atoms. The smallest absolute Gasteiger partial charge is 0.410 e. The van der Waals surface area contributed by atoms with Crippen molar-refractivity contribution in [3.8, 4) is 0 Å². The van der Waals surface area contributed by atoms with Gasteiger partial charge in [-0.3, -0.25) is 4.79 Å². The molecule has 1 aliphatic heterocycles. The molecule has 2 radical (unpaired) electrons. The topological polar surface area (TPSA) is 78.5 Å². The van der Waals surface area contributed by atoms with Gasteiger partial charge in [-0.05, 0) is 39.0 Å². The minimum Gasteiger partial charge on any atom is -0.444 e. The van der Waals surface area contributed by atoms with Crippen molar-refractivity contribution in [2.75, 3.05) is 26.2 Å². The number of hydrogen-bond acceptors (Lipinski definition) is 4. The molecule has 2 heterocycles. The van der Waals surface area contributed by atoms with E-state index in [0.29, 0.717) is 37.6 Å². The van der Waals surface area contributed by atoms with Crippen LogP contribution in [-0.4, -0.2) is 63.5 Å². The summed E-state index contributed by atoms with van der Waals surface area (Å²) in [4.78, 5) is 35.2. The number of rotatable bonds is 1. The van der Waals surface area contributed by atoms with Gasteiger partial charge in [-0.1, -0.05) is 0 Å².